The van der Waals surface area contributed by atoms with Crippen LogP contribution in [0, 0.1) is 24.0 Å². The van der Waals surface area contributed by atoms with Crippen molar-refractivity contribution in [3.8, 4) is 27.3 Å². The number of aliphatic hydroxyl groups is 1. The van der Waals surface area contributed by atoms with Crippen molar-refractivity contribution in [1.29, 1.82) is 0 Å². The molecule has 7 rings (SSSR count). The molecule has 1 aliphatic heterocycles. The van der Waals surface area contributed by atoms with E-state index in [-0.39, 0.29) is 68.1 Å². The van der Waals surface area contributed by atoms with Crippen molar-refractivity contribution in [1.82, 2.24) is 30.5 Å². The number of H-pyrrole nitrogens is 1. The van der Waals surface area contributed by atoms with E-state index in [9.17, 15) is 37.1 Å². The Bertz CT molecular complexity index is 2960. The van der Waals surface area contributed by atoms with Crippen molar-refractivity contribution in [2.45, 2.75) is 72.2 Å². The highest BCUT2D eigenvalue weighted by Crippen LogP contribution is 2.32. The zero-order valence-corrected chi connectivity index (χ0v) is 40.2. The summed E-state index contributed by atoms with van der Waals surface area (Å²) < 4.78 is 68.5. The van der Waals surface area contributed by atoms with E-state index in [0.29, 0.717) is 16.9 Å². The van der Waals surface area contributed by atoms with Gasteiger partial charge in [-0.15, -0.1) is 11.3 Å². The minimum Gasteiger partial charge on any atom is -0.491 e. The van der Waals surface area contributed by atoms with Crippen molar-refractivity contribution >= 4 is 61.6 Å². The SMILES string of the molecule is CCCS(=O)(=O)Nc1ccc(F)c(C(=O)c2c[nH]c3ncc(-c4ccc(OCCOCC(=O)NC(C(=O)N5CC(O)CC5C(=O)NCc5ccc(-c6scnc6C)cc5)C(C)(C)C)cc4)cc23)c1F. The maximum atomic E-state index is 15.5. The minimum absolute atomic E-state index is 0.0249. The van der Waals surface area contributed by atoms with Gasteiger partial charge in [-0.2, -0.15) is 0 Å². The number of anilines is 1. The number of rotatable bonds is 19. The number of aliphatic hydroxyl groups excluding tert-OH is 1. The van der Waals surface area contributed by atoms with Crippen LogP contribution in [0.25, 0.3) is 32.6 Å². The quantitative estimate of drug-likeness (QED) is 0.0434. The number of nitrogens with one attached hydrogen (secondary N) is 4. The van der Waals surface area contributed by atoms with Crippen LogP contribution in [-0.4, -0.2) is 107 Å². The summed E-state index contributed by atoms with van der Waals surface area (Å²) in [6, 6.07) is 16.1. The molecule has 69 heavy (non-hydrogen) atoms. The number of β-amino-alcohol motifs (C(OH)–C–C–N with tert-alkyl or cyclic N) is 1. The molecule has 1 fully saturated rings. The fourth-order valence-corrected chi connectivity index (χ4v) is 9.86. The first-order chi connectivity index (χ1) is 32.8. The molecule has 1 saturated heterocycles. The second kappa shape index (κ2) is 21.4. The third-order valence-corrected chi connectivity index (χ3v) is 13.9. The Morgan fingerprint density at radius 2 is 1.71 bits per heavy atom. The molecule has 5 N–H and O–H groups in total. The number of hydrogen-bond donors (Lipinski definition) is 5. The van der Waals surface area contributed by atoms with Crippen LogP contribution in [0.2, 0.25) is 0 Å². The average Bonchev–Trinajstić information content (AvgIpc) is 4.06. The number of aromatic amines is 1. The Kier molecular flexibility index (Phi) is 15.6. The van der Waals surface area contributed by atoms with E-state index in [1.165, 1.54) is 11.1 Å². The van der Waals surface area contributed by atoms with Crippen LogP contribution in [0.15, 0.2) is 84.6 Å². The molecule has 3 amide bonds. The molecule has 16 nitrogen and oxygen atoms in total. The van der Waals surface area contributed by atoms with E-state index in [2.05, 4.69) is 30.3 Å². The summed E-state index contributed by atoms with van der Waals surface area (Å²) in [5.74, 6) is -4.77. The van der Waals surface area contributed by atoms with Crippen molar-refractivity contribution in [2.24, 2.45) is 5.41 Å². The number of aryl methyl sites for hydroxylation is 1. The Labute approximate surface area is 401 Å². The zero-order chi connectivity index (χ0) is 49.6. The molecule has 1 aliphatic rings. The first kappa shape index (κ1) is 50.3. The third kappa shape index (κ3) is 12.0. The number of carbonyl (C=O) groups is 4. The number of carbonyl (C=O) groups excluding carboxylic acids is 4. The predicted octanol–water partition coefficient (Wildman–Crippen LogP) is 6.53. The number of sulfonamides is 1. The van der Waals surface area contributed by atoms with E-state index in [4.69, 9.17) is 9.47 Å². The van der Waals surface area contributed by atoms with Crippen LogP contribution < -0.4 is 20.1 Å². The number of pyridine rings is 1. The summed E-state index contributed by atoms with van der Waals surface area (Å²) in [4.78, 5) is 68.1. The second-order valence-corrected chi connectivity index (χ2v) is 20.4. The Morgan fingerprint density at radius 3 is 2.39 bits per heavy atom. The van der Waals surface area contributed by atoms with Gasteiger partial charge in [0.2, 0.25) is 33.5 Å². The van der Waals surface area contributed by atoms with Crippen LogP contribution in [0.1, 0.15) is 67.7 Å². The minimum atomic E-state index is -3.93. The first-order valence-electron chi connectivity index (χ1n) is 22.2. The molecule has 6 aromatic rings. The van der Waals surface area contributed by atoms with E-state index >= 15 is 4.39 Å². The number of ether oxygens (including phenoxy) is 2. The molecular formula is C49H53F2N7O9S2. The Hall–Kier alpha value is -6.61. The molecule has 0 spiro atoms. The van der Waals surface area contributed by atoms with Crippen LogP contribution >= 0.6 is 11.3 Å². The highest BCUT2D eigenvalue weighted by atomic mass is 32.2. The zero-order valence-electron chi connectivity index (χ0n) is 38.6. The number of likely N-dealkylation sites (tertiary alicyclic amines) is 1. The Morgan fingerprint density at radius 1 is 0.986 bits per heavy atom. The number of nitrogens with zero attached hydrogens (tertiary/aromatic N) is 3. The lowest BCUT2D eigenvalue weighted by atomic mass is 9.85. The van der Waals surface area contributed by atoms with E-state index in [1.807, 2.05) is 31.2 Å². The molecule has 3 unspecified atom stereocenters. The van der Waals surface area contributed by atoms with Gasteiger partial charge in [0.25, 0.3) is 0 Å². The molecular weight excluding hydrogens is 933 g/mol. The standard InChI is InChI=1S/C49H53F2N7O9S2/c1-6-19-69(64,65)57-38-16-15-37(50)41(42(38)51)43(61)36-24-53-46-35(36)20-32(23-52-46)30-11-13-34(14-12-30)67-18-17-66-26-40(60)56-45(49(3,4)5)48(63)58-25-33(59)21-39(58)47(62)54-22-29-7-9-31(10-8-29)44-28(2)55-27-68-44/h7-16,20,23-24,27,33,39,45,57,59H,6,17-19,21-22,25-26H2,1-5H3,(H,52,53)(H,54,62)(H,56,60). The summed E-state index contributed by atoms with van der Waals surface area (Å²) in [5, 5.41) is 16.5. The van der Waals surface area contributed by atoms with E-state index < -0.39 is 80.0 Å². The van der Waals surface area contributed by atoms with E-state index in [0.717, 1.165) is 33.8 Å². The molecule has 364 valence electrons. The summed E-state index contributed by atoms with van der Waals surface area (Å²) in [6.07, 6.45) is 2.25. The summed E-state index contributed by atoms with van der Waals surface area (Å²) >= 11 is 1.55. The van der Waals surface area contributed by atoms with Gasteiger partial charge in [-0.1, -0.05) is 64.1 Å². The van der Waals surface area contributed by atoms with Gasteiger partial charge in [0.15, 0.2) is 5.82 Å². The molecule has 3 aromatic heterocycles. The molecule has 0 aliphatic carbocycles. The van der Waals surface area contributed by atoms with Gasteiger partial charge in [0, 0.05) is 48.4 Å². The van der Waals surface area contributed by atoms with Gasteiger partial charge < -0.3 is 35.1 Å². The number of aromatic nitrogens is 3. The molecule has 3 aromatic carbocycles. The van der Waals surface area contributed by atoms with Crippen LogP contribution in [0.5, 0.6) is 5.75 Å². The van der Waals surface area contributed by atoms with Gasteiger partial charge in [-0.3, -0.25) is 23.9 Å². The fourth-order valence-electron chi connectivity index (χ4n) is 7.92. The lowest BCUT2D eigenvalue weighted by molar-refractivity contribution is -0.144. The number of ketones is 1. The summed E-state index contributed by atoms with van der Waals surface area (Å²) in [7, 11) is -3.93. The van der Waals surface area contributed by atoms with Gasteiger partial charge >= 0.3 is 0 Å². The molecule has 4 heterocycles. The maximum Gasteiger partial charge on any atom is 0.246 e. The lowest BCUT2D eigenvalue weighted by Crippen LogP contribution is -2.58. The summed E-state index contributed by atoms with van der Waals surface area (Å²) in [6.45, 7) is 8.84. The highest BCUT2D eigenvalue weighted by Gasteiger charge is 2.44. The van der Waals surface area contributed by atoms with Crippen LogP contribution in [0.3, 0.4) is 0 Å². The summed E-state index contributed by atoms with van der Waals surface area (Å²) in [5.41, 5.74) is 3.87. The number of thiazole rings is 1. The van der Waals surface area contributed by atoms with Gasteiger partial charge in [-0.25, -0.2) is 27.2 Å². The monoisotopic (exact) mass is 985 g/mol. The normalized spacial score (nSPS) is 15.5. The molecule has 0 bridgehead atoms. The van der Waals surface area contributed by atoms with Crippen molar-refractivity contribution in [3.05, 3.63) is 119 Å². The van der Waals surface area contributed by atoms with E-state index in [1.54, 1.807) is 81.1 Å². The van der Waals surface area contributed by atoms with Crippen LogP contribution in [-0.2, 0) is 35.7 Å². The number of fused-ring (bicyclic) bond motifs is 1. The predicted molar refractivity (Wildman–Crippen MR) is 257 cm³/mol. The maximum absolute atomic E-state index is 15.5. The largest absolute Gasteiger partial charge is 0.491 e. The van der Waals surface area contributed by atoms with Crippen molar-refractivity contribution < 1.29 is 51.0 Å². The number of amides is 3. The third-order valence-electron chi connectivity index (χ3n) is 11.5. The highest BCUT2D eigenvalue weighted by molar-refractivity contribution is 7.92. The smallest absolute Gasteiger partial charge is 0.246 e. The molecule has 3 atom stereocenters. The van der Waals surface area contributed by atoms with Gasteiger partial charge in [-0.05, 0) is 65.8 Å². The topological polar surface area (TPSA) is 222 Å². The Balaban J connectivity index is 0.899. The van der Waals surface area contributed by atoms with Crippen molar-refractivity contribution in [2.75, 3.05) is 36.8 Å². The fraction of sp³-hybridized carbons (Fsp3) is 0.347. The molecule has 0 saturated carbocycles. The number of halogens is 2. The molecule has 20 heteroatoms. The average molecular weight is 986 g/mol. The molecule has 0 radical (unpaired) electrons. The van der Waals surface area contributed by atoms with Crippen molar-refractivity contribution in [3.63, 3.8) is 0 Å². The second-order valence-electron chi connectivity index (χ2n) is 17.7. The lowest BCUT2D eigenvalue weighted by Gasteiger charge is -2.35. The van der Waals surface area contributed by atoms with Crippen LogP contribution in [0.4, 0.5) is 14.5 Å². The van der Waals surface area contributed by atoms with Gasteiger partial charge in [0.05, 0.1) is 45.8 Å². The van der Waals surface area contributed by atoms with Gasteiger partial charge in [0.1, 0.15) is 42.5 Å². The number of benzene rings is 3. The number of hydrogen-bond acceptors (Lipinski definition) is 12. The first-order valence-corrected chi connectivity index (χ1v) is 24.7.